The van der Waals surface area contributed by atoms with Gasteiger partial charge >= 0.3 is 11.9 Å². The van der Waals surface area contributed by atoms with Gasteiger partial charge in [-0.3, -0.25) is 19.2 Å². The highest BCUT2D eigenvalue weighted by molar-refractivity contribution is 6.35. The fourth-order valence-electron chi connectivity index (χ4n) is 4.13. The normalized spacial score (nSPS) is 17.1. The van der Waals surface area contributed by atoms with Gasteiger partial charge in [-0.2, -0.15) is 0 Å². The number of Topliss-reactive ketones (excluding diaryl/α,β-unsaturated/α-hetero) is 1. The van der Waals surface area contributed by atoms with Crippen molar-refractivity contribution in [2.24, 2.45) is 11.3 Å². The molecule has 1 rings (SSSR count). The third kappa shape index (κ3) is 9.27. The third-order valence-corrected chi connectivity index (χ3v) is 5.69. The Hall–Kier alpha value is -2.59. The molecule has 0 spiro atoms. The summed E-state index contributed by atoms with van der Waals surface area (Å²) in [5.74, 6) is -5.94. The molecule has 9 nitrogen and oxygen atoms in total. The first-order valence-corrected chi connectivity index (χ1v) is 10.7. The fourth-order valence-corrected chi connectivity index (χ4v) is 4.13. The molecule has 2 atom stereocenters. The molecule has 0 saturated heterocycles. The van der Waals surface area contributed by atoms with Gasteiger partial charge in [0, 0.05) is 19.3 Å². The molecule has 32 heavy (non-hydrogen) atoms. The number of nitrogens with one attached hydrogen (secondary N) is 2. The minimum absolute atomic E-state index is 0.0245. The van der Waals surface area contributed by atoms with Crippen LogP contribution in [0.4, 0.5) is 8.78 Å². The molecule has 182 valence electrons. The molecule has 0 heterocycles. The van der Waals surface area contributed by atoms with Gasteiger partial charge < -0.3 is 20.8 Å². The maximum atomic E-state index is 12.8. The first-order valence-electron chi connectivity index (χ1n) is 10.7. The monoisotopic (exact) mass is 462 g/mol. The Morgan fingerprint density at radius 1 is 0.938 bits per heavy atom. The van der Waals surface area contributed by atoms with Crippen LogP contribution in [0, 0.1) is 11.3 Å². The Bertz CT molecular complexity index is 706. The van der Waals surface area contributed by atoms with Crippen molar-refractivity contribution in [2.75, 3.05) is 0 Å². The maximum absolute atomic E-state index is 12.8. The molecule has 0 unspecified atom stereocenters. The Morgan fingerprint density at radius 2 is 1.53 bits per heavy atom. The van der Waals surface area contributed by atoms with Crippen LogP contribution < -0.4 is 10.6 Å². The van der Waals surface area contributed by atoms with Crippen LogP contribution in [0.25, 0.3) is 0 Å². The van der Waals surface area contributed by atoms with Crippen molar-refractivity contribution in [1.29, 1.82) is 0 Å². The Balaban J connectivity index is 2.90. The molecular formula is C21H32F2N2O7. The van der Waals surface area contributed by atoms with Crippen LogP contribution >= 0.6 is 0 Å². The highest BCUT2D eigenvalue weighted by Gasteiger charge is 2.37. The summed E-state index contributed by atoms with van der Waals surface area (Å²) in [6.07, 6.45) is -0.619. The van der Waals surface area contributed by atoms with Gasteiger partial charge in [0.05, 0.1) is 0 Å². The van der Waals surface area contributed by atoms with E-state index in [1.165, 1.54) is 0 Å². The minimum Gasteiger partial charge on any atom is -0.481 e. The molecule has 1 saturated carbocycles. The highest BCUT2D eigenvalue weighted by atomic mass is 19.3. The van der Waals surface area contributed by atoms with E-state index in [0.29, 0.717) is 19.3 Å². The summed E-state index contributed by atoms with van der Waals surface area (Å²) in [6, 6.07) is -3.06. The molecule has 0 bridgehead atoms. The Kier molecular flexibility index (Phi) is 10.7. The molecule has 0 aromatic heterocycles. The molecule has 0 radical (unpaired) electrons. The lowest BCUT2D eigenvalue weighted by Gasteiger charge is -2.29. The summed E-state index contributed by atoms with van der Waals surface area (Å²) >= 11 is 0. The quantitative estimate of drug-likeness (QED) is 0.289. The van der Waals surface area contributed by atoms with E-state index in [0.717, 1.165) is 12.8 Å². The molecule has 1 aliphatic carbocycles. The number of hydrogen-bond donors (Lipinski definition) is 4. The van der Waals surface area contributed by atoms with Crippen molar-refractivity contribution in [2.45, 2.75) is 90.1 Å². The van der Waals surface area contributed by atoms with E-state index in [2.05, 4.69) is 5.32 Å². The van der Waals surface area contributed by atoms with E-state index in [9.17, 15) is 32.8 Å². The smallest absolute Gasteiger partial charge is 0.374 e. The van der Waals surface area contributed by atoms with Crippen molar-refractivity contribution < 1.29 is 43.0 Å². The predicted molar refractivity (Wildman–Crippen MR) is 109 cm³/mol. The number of aliphatic carboxylic acids is 2. The Labute approximate surface area is 185 Å². The zero-order chi connectivity index (χ0) is 24.5. The van der Waals surface area contributed by atoms with E-state index < -0.39 is 59.9 Å². The lowest BCUT2D eigenvalue weighted by atomic mass is 9.78. The number of amides is 2. The van der Waals surface area contributed by atoms with Gasteiger partial charge in [-0.05, 0) is 37.0 Å². The second kappa shape index (κ2) is 12.4. The van der Waals surface area contributed by atoms with Gasteiger partial charge in [-0.15, -0.1) is 0 Å². The summed E-state index contributed by atoms with van der Waals surface area (Å²) < 4.78 is 25.5. The van der Waals surface area contributed by atoms with Gasteiger partial charge in [0.15, 0.2) is 0 Å². The third-order valence-electron chi connectivity index (χ3n) is 5.69. The molecule has 0 aromatic carbocycles. The molecule has 0 aliphatic heterocycles. The lowest BCUT2D eigenvalue weighted by Crippen LogP contribution is -2.53. The number of halogens is 2. The SMILES string of the molecule is CC(C)C[C@@H](NC(=O)CC1(CCC(=O)O)CCCC1)C(=O)N[C@H](CC(F)F)C(=O)C(=O)O. The number of rotatable bonds is 14. The van der Waals surface area contributed by atoms with Gasteiger partial charge in [0.2, 0.25) is 18.2 Å². The first kappa shape index (κ1) is 27.4. The van der Waals surface area contributed by atoms with Crippen molar-refractivity contribution in [3.63, 3.8) is 0 Å². The van der Waals surface area contributed by atoms with Gasteiger partial charge in [-0.25, -0.2) is 13.6 Å². The van der Waals surface area contributed by atoms with Gasteiger partial charge in [-0.1, -0.05) is 26.7 Å². The number of alkyl halides is 2. The Morgan fingerprint density at radius 3 is 2.00 bits per heavy atom. The molecule has 11 heteroatoms. The molecule has 1 fully saturated rings. The first-order chi connectivity index (χ1) is 14.8. The van der Waals surface area contributed by atoms with E-state index in [4.69, 9.17) is 10.2 Å². The number of carbonyl (C=O) groups is 5. The second-order valence-electron chi connectivity index (χ2n) is 8.88. The van der Waals surface area contributed by atoms with Crippen LogP contribution in [-0.4, -0.2) is 58.3 Å². The summed E-state index contributed by atoms with van der Waals surface area (Å²) in [5, 5.41) is 22.4. The molecule has 0 aromatic rings. The molecular weight excluding hydrogens is 430 g/mol. The minimum atomic E-state index is -3.02. The maximum Gasteiger partial charge on any atom is 0.374 e. The molecule has 4 N–H and O–H groups in total. The van der Waals surface area contributed by atoms with Crippen LogP contribution in [0.1, 0.15) is 71.6 Å². The fraction of sp³-hybridized carbons (Fsp3) is 0.762. The van der Waals surface area contributed by atoms with Crippen LogP contribution in [-0.2, 0) is 24.0 Å². The predicted octanol–water partition coefficient (Wildman–Crippen LogP) is 2.13. The zero-order valence-electron chi connectivity index (χ0n) is 18.4. The van der Waals surface area contributed by atoms with E-state index in [1.807, 2.05) is 5.32 Å². The zero-order valence-corrected chi connectivity index (χ0v) is 18.4. The van der Waals surface area contributed by atoms with Crippen LogP contribution in [0.3, 0.4) is 0 Å². The van der Waals surface area contributed by atoms with Crippen molar-refractivity contribution in [3.8, 4) is 0 Å². The average Bonchev–Trinajstić information content (AvgIpc) is 3.12. The van der Waals surface area contributed by atoms with Crippen LogP contribution in [0.15, 0.2) is 0 Å². The van der Waals surface area contributed by atoms with E-state index in [-0.39, 0.29) is 25.2 Å². The number of carboxylic acid groups (broad SMARTS) is 2. The molecule has 1 aliphatic rings. The number of carboxylic acids is 2. The second-order valence-corrected chi connectivity index (χ2v) is 8.88. The summed E-state index contributed by atoms with van der Waals surface area (Å²) in [5.41, 5.74) is -0.473. The van der Waals surface area contributed by atoms with E-state index >= 15 is 0 Å². The largest absolute Gasteiger partial charge is 0.481 e. The van der Waals surface area contributed by atoms with Crippen molar-refractivity contribution in [3.05, 3.63) is 0 Å². The van der Waals surface area contributed by atoms with Crippen molar-refractivity contribution in [1.82, 2.24) is 10.6 Å². The summed E-state index contributed by atoms with van der Waals surface area (Å²) in [6.45, 7) is 3.55. The number of hydrogen-bond acceptors (Lipinski definition) is 5. The summed E-state index contributed by atoms with van der Waals surface area (Å²) in [4.78, 5) is 59.0. The lowest BCUT2D eigenvalue weighted by molar-refractivity contribution is -0.151. The average molecular weight is 462 g/mol. The van der Waals surface area contributed by atoms with Gasteiger partial charge in [0.1, 0.15) is 12.1 Å². The summed E-state index contributed by atoms with van der Waals surface area (Å²) in [7, 11) is 0. The van der Waals surface area contributed by atoms with Gasteiger partial charge in [0.25, 0.3) is 5.78 Å². The number of ketones is 1. The van der Waals surface area contributed by atoms with Crippen LogP contribution in [0.2, 0.25) is 0 Å². The molecule has 2 amide bonds. The topological polar surface area (TPSA) is 150 Å². The number of carbonyl (C=O) groups excluding carboxylic acids is 3. The van der Waals surface area contributed by atoms with Crippen LogP contribution in [0.5, 0.6) is 0 Å². The van der Waals surface area contributed by atoms with E-state index in [1.54, 1.807) is 13.8 Å². The standard InChI is InChI=1S/C21H32F2N2O7/c1-12(2)9-14(19(30)25-13(10-15(22)23)18(29)20(31)32)24-16(26)11-21(6-3-4-7-21)8-5-17(27)28/h12-15H,3-11H2,1-2H3,(H,24,26)(H,25,30)(H,27,28)(H,31,32)/t13-,14-/m1/s1. The highest BCUT2D eigenvalue weighted by Crippen LogP contribution is 2.44. The van der Waals surface area contributed by atoms with Crippen molar-refractivity contribution >= 4 is 29.5 Å².